The van der Waals surface area contributed by atoms with Crippen molar-refractivity contribution in [1.82, 2.24) is 9.80 Å². The SMILES string of the molecule is Cc1ccccc1C[N+]1=C2C=CC=CC2C(=O)N(CCC(=O)N2CCc3ccccc3C2)C1=O. The van der Waals surface area contributed by atoms with E-state index in [0.29, 0.717) is 25.3 Å². The van der Waals surface area contributed by atoms with Crippen LogP contribution in [-0.2, 0) is 29.1 Å². The van der Waals surface area contributed by atoms with Crippen molar-refractivity contribution >= 4 is 23.6 Å². The Morgan fingerprint density at radius 2 is 1.79 bits per heavy atom. The van der Waals surface area contributed by atoms with E-state index in [2.05, 4.69) is 12.1 Å². The van der Waals surface area contributed by atoms with Crippen LogP contribution in [0.3, 0.4) is 0 Å². The first-order chi connectivity index (χ1) is 16.5. The maximum absolute atomic E-state index is 13.5. The molecule has 2 heterocycles. The molecule has 1 unspecified atom stereocenters. The number of allylic oxidation sites excluding steroid dienone is 3. The van der Waals surface area contributed by atoms with E-state index in [1.807, 2.05) is 72.5 Å². The number of urea groups is 1. The van der Waals surface area contributed by atoms with Gasteiger partial charge in [-0.3, -0.25) is 4.79 Å². The maximum Gasteiger partial charge on any atom is 0.501 e. The number of amides is 4. The Bertz CT molecular complexity index is 1260. The molecule has 3 aliphatic rings. The Morgan fingerprint density at radius 3 is 2.62 bits per heavy atom. The van der Waals surface area contributed by atoms with Crippen molar-refractivity contribution < 1.29 is 19.0 Å². The number of rotatable bonds is 5. The van der Waals surface area contributed by atoms with Crippen molar-refractivity contribution in [2.45, 2.75) is 32.9 Å². The summed E-state index contributed by atoms with van der Waals surface area (Å²) in [6.07, 6.45) is 8.30. The van der Waals surface area contributed by atoms with Gasteiger partial charge in [-0.05, 0) is 41.7 Å². The lowest BCUT2D eigenvalue weighted by atomic mass is 9.94. The molecule has 0 fully saturated rings. The topological polar surface area (TPSA) is 60.7 Å². The van der Waals surface area contributed by atoms with E-state index < -0.39 is 5.92 Å². The molecule has 0 spiro atoms. The van der Waals surface area contributed by atoms with Crippen LogP contribution in [0, 0.1) is 12.8 Å². The van der Waals surface area contributed by atoms with Gasteiger partial charge in [0.25, 0.3) is 0 Å². The minimum atomic E-state index is -0.510. The summed E-state index contributed by atoms with van der Waals surface area (Å²) >= 11 is 0. The average molecular weight is 455 g/mol. The molecule has 1 atom stereocenters. The van der Waals surface area contributed by atoms with E-state index in [1.54, 1.807) is 4.58 Å². The normalized spacial score (nSPS) is 19.4. The largest absolute Gasteiger partial charge is 0.501 e. The first-order valence-corrected chi connectivity index (χ1v) is 11.8. The predicted molar refractivity (Wildman–Crippen MR) is 129 cm³/mol. The molecular weight excluding hydrogens is 426 g/mol. The molecule has 0 saturated carbocycles. The Labute approximate surface area is 199 Å². The third kappa shape index (κ3) is 4.12. The summed E-state index contributed by atoms with van der Waals surface area (Å²) in [5.41, 5.74) is 5.25. The van der Waals surface area contributed by atoms with Crippen LogP contribution in [0.5, 0.6) is 0 Å². The minimum absolute atomic E-state index is 0.0329. The van der Waals surface area contributed by atoms with Gasteiger partial charge in [-0.2, -0.15) is 14.3 Å². The standard InChI is InChI=1S/C28H28N3O3/c1-20-8-2-3-10-22(20)19-31-25-13-7-6-12-24(25)27(33)30(28(31)34)17-15-26(32)29-16-14-21-9-4-5-11-23(21)18-29/h2-13,24H,14-19H2,1H3/q+1. The highest BCUT2D eigenvalue weighted by atomic mass is 16.2. The molecular formula is C28H28N3O3+. The zero-order chi connectivity index (χ0) is 23.7. The van der Waals surface area contributed by atoms with Crippen LogP contribution in [0.2, 0.25) is 0 Å². The summed E-state index contributed by atoms with van der Waals surface area (Å²) in [5.74, 6) is -0.809. The van der Waals surface area contributed by atoms with E-state index in [9.17, 15) is 14.4 Å². The Morgan fingerprint density at radius 1 is 1.03 bits per heavy atom. The average Bonchev–Trinajstić information content (AvgIpc) is 2.87. The van der Waals surface area contributed by atoms with Crippen LogP contribution in [0.15, 0.2) is 72.8 Å². The molecule has 6 nitrogen and oxygen atoms in total. The summed E-state index contributed by atoms with van der Waals surface area (Å²) < 4.78 is 1.68. The molecule has 0 saturated heterocycles. The van der Waals surface area contributed by atoms with Gasteiger partial charge in [-0.15, -0.1) is 0 Å². The quantitative estimate of drug-likeness (QED) is 0.649. The second-order valence-corrected chi connectivity index (χ2v) is 9.02. The van der Waals surface area contributed by atoms with Crippen LogP contribution in [0.1, 0.15) is 28.7 Å². The van der Waals surface area contributed by atoms with Crippen molar-refractivity contribution in [1.29, 1.82) is 0 Å². The maximum atomic E-state index is 13.5. The number of carbonyl (C=O) groups excluding carboxylic acids is 3. The van der Waals surface area contributed by atoms with Gasteiger partial charge in [0.05, 0.1) is 6.42 Å². The summed E-state index contributed by atoms with van der Waals surface area (Å²) in [5, 5.41) is 0. The number of hydrogen-bond donors (Lipinski definition) is 0. The second-order valence-electron chi connectivity index (χ2n) is 9.02. The third-order valence-electron chi connectivity index (χ3n) is 6.93. The molecule has 5 rings (SSSR count). The number of fused-ring (bicyclic) bond motifs is 2. The second kappa shape index (κ2) is 9.21. The number of aryl methyl sites for hydroxylation is 1. The highest BCUT2D eigenvalue weighted by Gasteiger charge is 2.46. The molecule has 34 heavy (non-hydrogen) atoms. The number of benzene rings is 2. The molecule has 2 aromatic rings. The van der Waals surface area contributed by atoms with Crippen molar-refractivity contribution in [3.8, 4) is 0 Å². The molecule has 4 amide bonds. The fourth-order valence-corrected chi connectivity index (χ4v) is 4.91. The van der Waals surface area contributed by atoms with Gasteiger partial charge in [0, 0.05) is 13.1 Å². The van der Waals surface area contributed by atoms with Gasteiger partial charge in [0.2, 0.25) is 5.91 Å². The fourth-order valence-electron chi connectivity index (χ4n) is 4.91. The molecule has 0 aromatic heterocycles. The van der Waals surface area contributed by atoms with Gasteiger partial charge < -0.3 is 4.90 Å². The number of carbonyl (C=O) groups is 3. The van der Waals surface area contributed by atoms with Crippen molar-refractivity contribution in [3.05, 3.63) is 95.1 Å². The lowest BCUT2D eigenvalue weighted by molar-refractivity contribution is -0.456. The van der Waals surface area contributed by atoms with Gasteiger partial charge in [0.1, 0.15) is 24.7 Å². The number of imide groups is 1. The molecule has 0 radical (unpaired) electrons. The molecule has 6 heteroatoms. The van der Waals surface area contributed by atoms with Crippen LogP contribution >= 0.6 is 0 Å². The Balaban J connectivity index is 1.34. The van der Waals surface area contributed by atoms with E-state index in [4.69, 9.17) is 0 Å². The van der Waals surface area contributed by atoms with E-state index in [0.717, 1.165) is 23.1 Å². The van der Waals surface area contributed by atoms with Crippen molar-refractivity contribution in [3.63, 3.8) is 0 Å². The van der Waals surface area contributed by atoms with Crippen molar-refractivity contribution in [2.75, 3.05) is 13.1 Å². The molecule has 1 aliphatic carbocycles. The van der Waals surface area contributed by atoms with Crippen LogP contribution < -0.4 is 0 Å². The lowest BCUT2D eigenvalue weighted by Crippen LogP contribution is -2.54. The smallest absolute Gasteiger partial charge is 0.338 e. The highest BCUT2D eigenvalue weighted by Crippen LogP contribution is 2.23. The van der Waals surface area contributed by atoms with Crippen LogP contribution in [-0.4, -0.2) is 51.0 Å². The zero-order valence-corrected chi connectivity index (χ0v) is 19.3. The third-order valence-corrected chi connectivity index (χ3v) is 6.93. The Hall–Kier alpha value is -3.80. The minimum Gasteiger partial charge on any atom is -0.338 e. The molecule has 2 aliphatic heterocycles. The van der Waals surface area contributed by atoms with E-state index >= 15 is 0 Å². The van der Waals surface area contributed by atoms with Crippen molar-refractivity contribution in [2.24, 2.45) is 5.92 Å². The Kier molecular flexibility index (Phi) is 5.97. The van der Waals surface area contributed by atoms with Gasteiger partial charge >= 0.3 is 11.9 Å². The van der Waals surface area contributed by atoms with Crippen LogP contribution in [0.4, 0.5) is 4.79 Å². The monoisotopic (exact) mass is 454 g/mol. The molecule has 0 N–H and O–H groups in total. The van der Waals surface area contributed by atoms with Gasteiger partial charge in [-0.1, -0.05) is 66.8 Å². The predicted octanol–water partition coefficient (Wildman–Crippen LogP) is 3.63. The highest BCUT2D eigenvalue weighted by molar-refractivity contribution is 6.16. The molecule has 2 aromatic carbocycles. The van der Waals surface area contributed by atoms with Crippen LogP contribution in [0.25, 0.3) is 0 Å². The molecule has 0 bridgehead atoms. The molecule has 172 valence electrons. The first kappa shape index (κ1) is 22.0. The summed E-state index contributed by atoms with van der Waals surface area (Å²) in [6, 6.07) is 15.7. The number of hydrogen-bond acceptors (Lipinski definition) is 3. The summed E-state index contributed by atoms with van der Waals surface area (Å²) in [7, 11) is 0. The zero-order valence-electron chi connectivity index (χ0n) is 19.3. The summed E-state index contributed by atoms with van der Waals surface area (Å²) in [6.45, 7) is 3.72. The van der Waals surface area contributed by atoms with E-state index in [-0.39, 0.29) is 30.8 Å². The lowest BCUT2D eigenvalue weighted by Gasteiger charge is -2.30. The number of nitrogens with zero attached hydrogens (tertiary/aromatic N) is 3. The fraction of sp³-hybridized carbons (Fsp3) is 0.286. The van der Waals surface area contributed by atoms with E-state index in [1.165, 1.54) is 10.5 Å². The van der Waals surface area contributed by atoms with Gasteiger partial charge in [-0.25, -0.2) is 4.79 Å². The first-order valence-electron chi connectivity index (χ1n) is 11.8. The van der Waals surface area contributed by atoms with Gasteiger partial charge in [0.15, 0.2) is 0 Å². The summed E-state index contributed by atoms with van der Waals surface area (Å²) in [4.78, 5) is 42.8.